The Hall–Kier alpha value is -0.800. The summed E-state index contributed by atoms with van der Waals surface area (Å²) in [5, 5.41) is 1.83. The van der Waals surface area contributed by atoms with Gasteiger partial charge in [-0.1, -0.05) is 0 Å². The minimum absolute atomic E-state index is 0.445. The van der Waals surface area contributed by atoms with Crippen molar-refractivity contribution in [2.45, 2.75) is 6.61 Å². The van der Waals surface area contributed by atoms with E-state index < -0.39 is 16.0 Å². The van der Waals surface area contributed by atoms with E-state index in [1.54, 1.807) is 41.4 Å². The molecule has 6 nitrogen and oxygen atoms in total. The van der Waals surface area contributed by atoms with Gasteiger partial charge in [0.2, 0.25) is 0 Å². The molecule has 19 heavy (non-hydrogen) atoms. The highest BCUT2D eigenvalue weighted by Crippen LogP contribution is 2.18. The van der Waals surface area contributed by atoms with Crippen molar-refractivity contribution < 1.29 is 13.7 Å². The van der Waals surface area contributed by atoms with Crippen LogP contribution in [0.5, 0.6) is 0 Å². The number of thiophene rings is 1. The lowest BCUT2D eigenvalue weighted by molar-refractivity contribution is 0.101. The van der Waals surface area contributed by atoms with Crippen LogP contribution in [-0.4, -0.2) is 54.0 Å². The Morgan fingerprint density at radius 2 is 1.95 bits per heavy atom. The van der Waals surface area contributed by atoms with E-state index in [4.69, 9.17) is 4.74 Å². The molecule has 1 rings (SSSR count). The first-order chi connectivity index (χ1) is 8.81. The van der Waals surface area contributed by atoms with Gasteiger partial charge in [-0.25, -0.2) is 12.8 Å². The molecule has 0 aromatic carbocycles. The van der Waals surface area contributed by atoms with Crippen molar-refractivity contribution in [1.82, 2.24) is 8.61 Å². The summed E-state index contributed by atoms with van der Waals surface area (Å²) in [7, 11) is 5.25. The van der Waals surface area contributed by atoms with Crippen molar-refractivity contribution in [2.24, 2.45) is 4.36 Å². The summed E-state index contributed by atoms with van der Waals surface area (Å²) >= 11 is 1.28. The summed E-state index contributed by atoms with van der Waals surface area (Å²) in [6.45, 7) is 0.445. The zero-order valence-electron chi connectivity index (χ0n) is 11.7. The molecular weight excluding hydrogens is 286 g/mol. The van der Waals surface area contributed by atoms with Crippen molar-refractivity contribution >= 4 is 27.3 Å². The number of carbonyl (C=O) groups excluding carboxylic acids is 1. The van der Waals surface area contributed by atoms with Crippen LogP contribution in [0.15, 0.2) is 15.8 Å². The van der Waals surface area contributed by atoms with Gasteiger partial charge in [0.05, 0.1) is 11.5 Å². The fourth-order valence-electron chi connectivity index (χ4n) is 1.37. The molecule has 0 atom stereocenters. The van der Waals surface area contributed by atoms with E-state index in [1.165, 1.54) is 19.9 Å². The van der Waals surface area contributed by atoms with Gasteiger partial charge in [0.15, 0.2) is 10.1 Å². The number of carbonyl (C=O) groups is 1. The van der Waals surface area contributed by atoms with Gasteiger partial charge < -0.3 is 4.74 Å². The molecule has 1 aromatic rings. The van der Waals surface area contributed by atoms with Crippen LogP contribution in [0.3, 0.4) is 0 Å². The van der Waals surface area contributed by atoms with Gasteiger partial charge in [0.25, 0.3) is 5.91 Å². The summed E-state index contributed by atoms with van der Waals surface area (Å²) in [5.74, 6) is -0.472. The van der Waals surface area contributed by atoms with Crippen molar-refractivity contribution in [2.75, 3.05) is 35.3 Å². The maximum Gasteiger partial charge on any atom is 0.297 e. The Balaban J connectivity index is 3.08. The largest absolute Gasteiger partial charge is 0.380 e. The summed E-state index contributed by atoms with van der Waals surface area (Å²) in [5.41, 5.74) is 0.909. The number of ether oxygens (including phenoxy) is 1. The van der Waals surface area contributed by atoms with Crippen LogP contribution in [0.1, 0.15) is 15.2 Å². The van der Waals surface area contributed by atoms with Crippen molar-refractivity contribution in [3.8, 4) is 0 Å². The average molecular weight is 305 g/mol. The van der Waals surface area contributed by atoms with Gasteiger partial charge in [0.1, 0.15) is 0 Å². The average Bonchev–Trinajstić information content (AvgIpc) is 2.77. The first-order valence-electron chi connectivity index (χ1n) is 5.54. The molecule has 108 valence electrons. The van der Waals surface area contributed by atoms with Gasteiger partial charge in [0, 0.05) is 35.3 Å². The third-order valence-corrected chi connectivity index (χ3v) is 5.60. The van der Waals surface area contributed by atoms with Crippen molar-refractivity contribution in [3.05, 3.63) is 21.9 Å². The van der Waals surface area contributed by atoms with Crippen LogP contribution in [0.4, 0.5) is 0 Å². The molecule has 1 aromatic heterocycles. The minimum atomic E-state index is -2.86. The van der Waals surface area contributed by atoms with E-state index in [9.17, 15) is 9.00 Å². The maximum absolute atomic E-state index is 12.5. The Morgan fingerprint density at radius 3 is 2.42 bits per heavy atom. The molecule has 0 saturated heterocycles. The smallest absolute Gasteiger partial charge is 0.297 e. The predicted octanol–water partition coefficient (Wildman–Crippen LogP) is 1.46. The van der Waals surface area contributed by atoms with Gasteiger partial charge in [-0.15, -0.1) is 15.7 Å². The lowest BCUT2D eigenvalue weighted by Crippen LogP contribution is -2.35. The van der Waals surface area contributed by atoms with E-state index in [-0.39, 0.29) is 0 Å². The SMILES string of the molecule is COCc1csc(C(=O)N=S(=O)(N(C)C)N(C)C)c1. The molecule has 1 amide bonds. The summed E-state index contributed by atoms with van der Waals surface area (Å²) in [6, 6.07) is 1.71. The molecule has 0 N–H and O–H groups in total. The lowest BCUT2D eigenvalue weighted by atomic mass is 10.3. The van der Waals surface area contributed by atoms with E-state index >= 15 is 0 Å². The van der Waals surface area contributed by atoms with E-state index in [2.05, 4.69) is 4.36 Å². The zero-order chi connectivity index (χ0) is 14.6. The highest BCUT2D eigenvalue weighted by Gasteiger charge is 2.19. The second-order valence-corrected chi connectivity index (χ2v) is 7.73. The van der Waals surface area contributed by atoms with Crippen LogP contribution in [0.25, 0.3) is 0 Å². The third kappa shape index (κ3) is 3.83. The zero-order valence-corrected chi connectivity index (χ0v) is 13.4. The Morgan fingerprint density at radius 1 is 1.37 bits per heavy atom. The second kappa shape index (κ2) is 6.58. The normalized spacial score (nSPS) is 12.2. The second-order valence-electron chi connectivity index (χ2n) is 4.24. The first-order valence-corrected chi connectivity index (χ1v) is 7.85. The molecule has 0 saturated carbocycles. The Kier molecular flexibility index (Phi) is 5.63. The van der Waals surface area contributed by atoms with Crippen LogP contribution >= 0.6 is 11.3 Å². The number of amides is 1. The van der Waals surface area contributed by atoms with Gasteiger partial charge in [-0.2, -0.15) is 0 Å². The number of hydrogen-bond donors (Lipinski definition) is 0. The third-order valence-electron chi connectivity index (χ3n) is 2.33. The molecule has 0 spiro atoms. The number of hydrogen-bond acceptors (Lipinski definition) is 4. The van der Waals surface area contributed by atoms with E-state index in [1.807, 2.05) is 5.38 Å². The van der Waals surface area contributed by atoms with E-state index in [0.29, 0.717) is 11.5 Å². The molecule has 0 unspecified atom stereocenters. The Bertz CT molecular complexity index is 543. The van der Waals surface area contributed by atoms with Crippen LogP contribution < -0.4 is 0 Å². The summed E-state index contributed by atoms with van der Waals surface area (Å²) < 4.78 is 24.3. The predicted molar refractivity (Wildman–Crippen MR) is 77.3 cm³/mol. The summed E-state index contributed by atoms with van der Waals surface area (Å²) in [6.07, 6.45) is 0. The monoisotopic (exact) mass is 305 g/mol. The number of rotatable bonds is 5. The molecule has 0 aliphatic carbocycles. The molecule has 0 aliphatic rings. The number of methoxy groups -OCH3 is 1. The fraction of sp³-hybridized carbons (Fsp3) is 0.545. The van der Waals surface area contributed by atoms with Gasteiger partial charge in [-0.3, -0.25) is 4.79 Å². The highest BCUT2D eigenvalue weighted by atomic mass is 32.2. The molecule has 0 bridgehead atoms. The van der Waals surface area contributed by atoms with Gasteiger partial charge in [-0.05, 0) is 17.0 Å². The topological polar surface area (TPSA) is 62.2 Å². The van der Waals surface area contributed by atoms with Crippen LogP contribution in [0, 0.1) is 0 Å². The lowest BCUT2D eigenvalue weighted by Gasteiger charge is -2.22. The minimum Gasteiger partial charge on any atom is -0.380 e. The standard InChI is InChI=1S/C11H19N3O3S2/c1-13(2)19(16,14(3)4)12-11(15)10-6-9(7-17-5)8-18-10/h6,8H,7H2,1-5H3. The Labute approximate surface area is 118 Å². The fourth-order valence-corrected chi connectivity index (χ4v) is 3.51. The molecule has 0 radical (unpaired) electrons. The number of nitrogens with zero attached hydrogens (tertiary/aromatic N) is 3. The molecule has 0 fully saturated rings. The van der Waals surface area contributed by atoms with E-state index in [0.717, 1.165) is 5.56 Å². The van der Waals surface area contributed by atoms with Crippen LogP contribution in [0.2, 0.25) is 0 Å². The summed E-state index contributed by atoms with van der Waals surface area (Å²) in [4.78, 5) is 12.5. The van der Waals surface area contributed by atoms with Crippen molar-refractivity contribution in [3.63, 3.8) is 0 Å². The van der Waals surface area contributed by atoms with Crippen LogP contribution in [-0.2, 0) is 21.4 Å². The molecule has 8 heteroatoms. The molecule has 1 heterocycles. The van der Waals surface area contributed by atoms with Crippen molar-refractivity contribution in [1.29, 1.82) is 0 Å². The first kappa shape index (κ1) is 16.3. The highest BCUT2D eigenvalue weighted by molar-refractivity contribution is 7.89. The van der Waals surface area contributed by atoms with Gasteiger partial charge >= 0.3 is 0 Å². The molecular formula is C11H19N3O3S2. The molecule has 0 aliphatic heterocycles. The maximum atomic E-state index is 12.5. The quantitative estimate of drug-likeness (QED) is 0.827.